The SMILES string of the molecule is O=C(CNCC(c1cccs1)N1CCCC1)c1ccc(F)cc1. The highest BCUT2D eigenvalue weighted by atomic mass is 32.1. The molecule has 3 nitrogen and oxygen atoms in total. The molecule has 0 aliphatic carbocycles. The lowest BCUT2D eigenvalue weighted by Gasteiger charge is -2.26. The number of ketones is 1. The number of carbonyl (C=O) groups excluding carboxylic acids is 1. The Morgan fingerprint density at radius 1 is 1.22 bits per heavy atom. The van der Waals surface area contributed by atoms with Crippen molar-refractivity contribution in [2.24, 2.45) is 0 Å². The molecule has 1 aromatic heterocycles. The van der Waals surface area contributed by atoms with Crippen LogP contribution in [0, 0.1) is 5.82 Å². The highest BCUT2D eigenvalue weighted by Gasteiger charge is 2.24. The smallest absolute Gasteiger partial charge is 0.176 e. The van der Waals surface area contributed by atoms with Crippen LogP contribution in [0.25, 0.3) is 0 Å². The second kappa shape index (κ2) is 7.81. The molecule has 1 aromatic carbocycles. The summed E-state index contributed by atoms with van der Waals surface area (Å²) >= 11 is 1.77. The predicted octanol–water partition coefficient (Wildman–Crippen LogP) is 3.50. The number of nitrogens with zero attached hydrogens (tertiary/aromatic N) is 1. The van der Waals surface area contributed by atoms with Crippen molar-refractivity contribution in [2.75, 3.05) is 26.2 Å². The van der Waals surface area contributed by atoms with Crippen LogP contribution >= 0.6 is 11.3 Å². The Morgan fingerprint density at radius 2 is 1.96 bits per heavy atom. The Balaban J connectivity index is 1.56. The first-order valence-electron chi connectivity index (χ1n) is 8.01. The molecule has 1 fully saturated rings. The molecule has 1 aliphatic heterocycles. The van der Waals surface area contributed by atoms with E-state index < -0.39 is 0 Å². The number of hydrogen-bond donors (Lipinski definition) is 1. The molecule has 1 atom stereocenters. The van der Waals surface area contributed by atoms with Gasteiger partial charge in [0, 0.05) is 17.0 Å². The highest BCUT2D eigenvalue weighted by molar-refractivity contribution is 7.10. The van der Waals surface area contributed by atoms with Crippen LogP contribution in [0.3, 0.4) is 0 Å². The molecule has 0 bridgehead atoms. The number of nitrogens with one attached hydrogen (secondary N) is 1. The summed E-state index contributed by atoms with van der Waals surface area (Å²) in [5.74, 6) is -0.322. The molecule has 2 aromatic rings. The third-order valence-corrected chi connectivity index (χ3v) is 5.22. The van der Waals surface area contributed by atoms with Gasteiger partial charge in [-0.05, 0) is 61.6 Å². The van der Waals surface area contributed by atoms with E-state index >= 15 is 0 Å². The van der Waals surface area contributed by atoms with Gasteiger partial charge in [-0.15, -0.1) is 11.3 Å². The highest BCUT2D eigenvalue weighted by Crippen LogP contribution is 2.27. The van der Waals surface area contributed by atoms with Gasteiger partial charge in [-0.3, -0.25) is 9.69 Å². The average molecular weight is 332 g/mol. The van der Waals surface area contributed by atoms with Crippen LogP contribution in [0.1, 0.15) is 34.1 Å². The van der Waals surface area contributed by atoms with Gasteiger partial charge in [0.05, 0.1) is 12.6 Å². The first-order chi connectivity index (χ1) is 11.2. The van der Waals surface area contributed by atoms with Crippen LogP contribution in [0.2, 0.25) is 0 Å². The Morgan fingerprint density at radius 3 is 2.61 bits per heavy atom. The van der Waals surface area contributed by atoms with Gasteiger partial charge in [0.25, 0.3) is 0 Å². The number of halogens is 1. The minimum atomic E-state index is -0.318. The number of hydrogen-bond acceptors (Lipinski definition) is 4. The zero-order chi connectivity index (χ0) is 16.1. The molecule has 122 valence electrons. The van der Waals surface area contributed by atoms with E-state index in [4.69, 9.17) is 0 Å². The summed E-state index contributed by atoms with van der Waals surface area (Å²) in [5.41, 5.74) is 0.549. The topological polar surface area (TPSA) is 32.3 Å². The van der Waals surface area contributed by atoms with Crippen LogP contribution < -0.4 is 5.32 Å². The van der Waals surface area contributed by atoms with E-state index in [9.17, 15) is 9.18 Å². The van der Waals surface area contributed by atoms with E-state index in [1.165, 1.54) is 42.0 Å². The maximum atomic E-state index is 12.9. The summed E-state index contributed by atoms with van der Waals surface area (Å²) in [6, 6.07) is 10.3. The first kappa shape index (κ1) is 16.3. The molecule has 1 unspecified atom stereocenters. The van der Waals surface area contributed by atoms with Gasteiger partial charge in [-0.2, -0.15) is 0 Å². The van der Waals surface area contributed by atoms with Gasteiger partial charge in [-0.1, -0.05) is 6.07 Å². The summed E-state index contributed by atoms with van der Waals surface area (Å²) in [5, 5.41) is 5.38. The molecule has 2 heterocycles. The third kappa shape index (κ3) is 4.25. The fourth-order valence-corrected chi connectivity index (χ4v) is 3.86. The number of carbonyl (C=O) groups is 1. The monoisotopic (exact) mass is 332 g/mol. The maximum Gasteiger partial charge on any atom is 0.176 e. The molecule has 0 radical (unpaired) electrons. The molecule has 1 saturated heterocycles. The predicted molar refractivity (Wildman–Crippen MR) is 91.5 cm³/mol. The molecule has 5 heteroatoms. The summed E-state index contributed by atoms with van der Waals surface area (Å²) in [6.07, 6.45) is 2.49. The van der Waals surface area contributed by atoms with Crippen molar-refractivity contribution in [3.8, 4) is 0 Å². The summed E-state index contributed by atoms with van der Waals surface area (Å²) < 4.78 is 12.9. The van der Waals surface area contributed by atoms with Crippen molar-refractivity contribution in [3.05, 3.63) is 58.0 Å². The van der Waals surface area contributed by atoms with E-state index in [1.807, 2.05) is 0 Å². The van der Waals surface area contributed by atoms with Crippen LogP contribution in [-0.2, 0) is 0 Å². The molecule has 0 spiro atoms. The Labute approximate surface area is 140 Å². The number of benzene rings is 1. The van der Waals surface area contributed by atoms with Crippen molar-refractivity contribution < 1.29 is 9.18 Å². The Hall–Kier alpha value is -1.56. The third-order valence-electron chi connectivity index (χ3n) is 4.24. The standard InChI is InChI=1S/C18H21FN2OS/c19-15-7-5-14(6-8-15)17(22)13-20-12-16(18-4-3-11-23-18)21-9-1-2-10-21/h3-8,11,16,20H,1-2,9-10,12-13H2. The largest absolute Gasteiger partial charge is 0.308 e. The minimum absolute atomic E-state index is 0.00338. The lowest BCUT2D eigenvalue weighted by atomic mass is 10.1. The Bertz CT molecular complexity index is 621. The van der Waals surface area contributed by atoms with Gasteiger partial charge < -0.3 is 5.32 Å². The second-order valence-corrected chi connectivity index (χ2v) is 6.81. The van der Waals surface area contributed by atoms with Crippen LogP contribution in [0.15, 0.2) is 41.8 Å². The number of likely N-dealkylation sites (tertiary alicyclic amines) is 1. The van der Waals surface area contributed by atoms with Crippen molar-refractivity contribution in [1.29, 1.82) is 0 Å². The summed E-state index contributed by atoms with van der Waals surface area (Å²) in [4.78, 5) is 16.0. The molecular formula is C18H21FN2OS. The van der Waals surface area contributed by atoms with E-state index in [2.05, 4.69) is 27.7 Å². The molecule has 3 rings (SSSR count). The molecule has 1 aliphatic rings. The van der Waals surface area contributed by atoms with Crippen molar-refractivity contribution in [3.63, 3.8) is 0 Å². The van der Waals surface area contributed by atoms with Crippen molar-refractivity contribution >= 4 is 17.1 Å². The zero-order valence-electron chi connectivity index (χ0n) is 13.0. The van der Waals surface area contributed by atoms with Crippen LogP contribution in [0.4, 0.5) is 4.39 Å². The average Bonchev–Trinajstić information content (AvgIpc) is 3.26. The van der Waals surface area contributed by atoms with E-state index in [0.29, 0.717) is 11.6 Å². The van der Waals surface area contributed by atoms with E-state index in [1.54, 1.807) is 11.3 Å². The molecule has 0 amide bonds. The van der Waals surface area contributed by atoms with Crippen molar-refractivity contribution in [2.45, 2.75) is 18.9 Å². The molecule has 23 heavy (non-hydrogen) atoms. The maximum absolute atomic E-state index is 12.9. The van der Waals surface area contributed by atoms with Crippen molar-refractivity contribution in [1.82, 2.24) is 10.2 Å². The summed E-state index contributed by atoms with van der Waals surface area (Å²) in [6.45, 7) is 3.28. The van der Waals surface area contributed by atoms with E-state index in [0.717, 1.165) is 19.6 Å². The first-order valence-corrected chi connectivity index (χ1v) is 8.89. The van der Waals surface area contributed by atoms with Crippen LogP contribution in [0.5, 0.6) is 0 Å². The second-order valence-electron chi connectivity index (χ2n) is 5.84. The van der Waals surface area contributed by atoms with Gasteiger partial charge in [0.2, 0.25) is 0 Å². The fraction of sp³-hybridized carbons (Fsp3) is 0.389. The van der Waals surface area contributed by atoms with Gasteiger partial charge in [0.15, 0.2) is 5.78 Å². The van der Waals surface area contributed by atoms with Gasteiger partial charge >= 0.3 is 0 Å². The van der Waals surface area contributed by atoms with Gasteiger partial charge in [-0.25, -0.2) is 4.39 Å². The van der Waals surface area contributed by atoms with Gasteiger partial charge in [0.1, 0.15) is 5.82 Å². The minimum Gasteiger partial charge on any atom is -0.308 e. The lowest BCUT2D eigenvalue weighted by molar-refractivity contribution is 0.0987. The molecular weight excluding hydrogens is 311 g/mol. The number of thiophene rings is 1. The number of rotatable bonds is 7. The molecule has 1 N–H and O–H groups in total. The van der Waals surface area contributed by atoms with Crippen LogP contribution in [-0.4, -0.2) is 36.9 Å². The Kier molecular flexibility index (Phi) is 5.54. The van der Waals surface area contributed by atoms with E-state index in [-0.39, 0.29) is 18.1 Å². The summed E-state index contributed by atoms with van der Waals surface area (Å²) in [7, 11) is 0. The molecule has 0 saturated carbocycles. The zero-order valence-corrected chi connectivity index (χ0v) is 13.8. The quantitative estimate of drug-likeness (QED) is 0.788. The number of Topliss-reactive ketones (excluding diaryl/α,β-unsaturated/α-hetero) is 1. The normalized spacial score (nSPS) is 16.6. The fourth-order valence-electron chi connectivity index (χ4n) is 3.00. The lowest BCUT2D eigenvalue weighted by Crippen LogP contribution is -2.35.